The third kappa shape index (κ3) is 4.89. The molecule has 1 fully saturated rings. The number of ether oxygens (including phenoxy) is 1. The molecule has 0 bridgehead atoms. The summed E-state index contributed by atoms with van der Waals surface area (Å²) in [5.41, 5.74) is 1.87. The molecular weight excluding hydrogens is 360 g/mol. The van der Waals surface area contributed by atoms with Crippen LogP contribution in [0.2, 0.25) is 0 Å². The standard InChI is InChI=1S/C20H20N4O2S/c1-13-3-2-4-17(11-13)26-16-9-7-15(8-10-16)21-18(25)12-27-20-22-19(23-24-20)14-5-6-14/h2-4,7-11,14H,5-6,12H2,1H3,(H,21,25)(H,22,23,24). The van der Waals surface area contributed by atoms with Gasteiger partial charge in [-0.3, -0.25) is 9.89 Å². The first-order valence-electron chi connectivity index (χ1n) is 8.85. The molecule has 0 radical (unpaired) electrons. The highest BCUT2D eigenvalue weighted by atomic mass is 32.2. The third-order valence-corrected chi connectivity index (χ3v) is 4.99. The molecule has 138 valence electrons. The fourth-order valence-electron chi connectivity index (χ4n) is 2.61. The van der Waals surface area contributed by atoms with Crippen molar-refractivity contribution >= 4 is 23.4 Å². The van der Waals surface area contributed by atoms with E-state index in [2.05, 4.69) is 20.5 Å². The first kappa shape index (κ1) is 17.6. The van der Waals surface area contributed by atoms with Gasteiger partial charge in [0.2, 0.25) is 11.1 Å². The summed E-state index contributed by atoms with van der Waals surface area (Å²) in [6, 6.07) is 15.2. The van der Waals surface area contributed by atoms with Crippen LogP contribution in [0.1, 0.15) is 30.1 Å². The van der Waals surface area contributed by atoms with Gasteiger partial charge in [-0.1, -0.05) is 23.9 Å². The highest BCUT2D eigenvalue weighted by Gasteiger charge is 2.27. The van der Waals surface area contributed by atoms with Gasteiger partial charge in [0, 0.05) is 11.6 Å². The number of benzene rings is 2. The number of H-pyrrole nitrogens is 1. The number of hydrogen-bond acceptors (Lipinski definition) is 5. The van der Waals surface area contributed by atoms with Crippen LogP contribution < -0.4 is 10.1 Å². The molecule has 4 rings (SSSR count). The Balaban J connectivity index is 1.27. The van der Waals surface area contributed by atoms with Gasteiger partial charge in [0.05, 0.1) is 5.75 Å². The van der Waals surface area contributed by atoms with E-state index in [1.54, 1.807) is 0 Å². The summed E-state index contributed by atoms with van der Waals surface area (Å²) in [6.45, 7) is 2.02. The Hall–Kier alpha value is -2.80. The van der Waals surface area contributed by atoms with Crippen LogP contribution in [-0.2, 0) is 4.79 Å². The van der Waals surface area contributed by atoms with Crippen LogP contribution in [0.4, 0.5) is 5.69 Å². The molecule has 0 unspecified atom stereocenters. The first-order valence-corrected chi connectivity index (χ1v) is 9.84. The van der Waals surface area contributed by atoms with E-state index in [1.165, 1.54) is 24.6 Å². The molecule has 7 heteroatoms. The molecule has 2 aromatic carbocycles. The molecule has 0 atom stereocenters. The van der Waals surface area contributed by atoms with E-state index >= 15 is 0 Å². The van der Waals surface area contributed by atoms with Crippen molar-refractivity contribution in [3.8, 4) is 11.5 Å². The molecule has 1 heterocycles. The number of carbonyl (C=O) groups is 1. The second-order valence-electron chi connectivity index (χ2n) is 6.56. The smallest absolute Gasteiger partial charge is 0.234 e. The van der Waals surface area contributed by atoms with Gasteiger partial charge in [-0.25, -0.2) is 4.98 Å². The average Bonchev–Trinajstić information content (AvgIpc) is 3.40. The third-order valence-electron chi connectivity index (χ3n) is 4.14. The lowest BCUT2D eigenvalue weighted by atomic mass is 10.2. The number of thioether (sulfide) groups is 1. The summed E-state index contributed by atoms with van der Waals surface area (Å²) < 4.78 is 5.81. The van der Waals surface area contributed by atoms with Gasteiger partial charge in [0.1, 0.15) is 17.3 Å². The molecule has 1 saturated carbocycles. The van der Waals surface area contributed by atoms with Gasteiger partial charge in [0.25, 0.3) is 0 Å². The van der Waals surface area contributed by atoms with Crippen LogP contribution in [0.5, 0.6) is 11.5 Å². The molecule has 1 aromatic heterocycles. The van der Waals surface area contributed by atoms with Crippen molar-refractivity contribution in [3.63, 3.8) is 0 Å². The van der Waals surface area contributed by atoms with E-state index in [0.29, 0.717) is 11.1 Å². The van der Waals surface area contributed by atoms with Crippen molar-refractivity contribution in [1.82, 2.24) is 15.2 Å². The van der Waals surface area contributed by atoms with Crippen molar-refractivity contribution in [1.29, 1.82) is 0 Å². The molecule has 6 nitrogen and oxygen atoms in total. The fourth-order valence-corrected chi connectivity index (χ4v) is 3.22. The average molecular weight is 380 g/mol. The minimum atomic E-state index is -0.0925. The number of amides is 1. The molecule has 0 saturated heterocycles. The Morgan fingerprint density at radius 3 is 2.78 bits per heavy atom. The molecule has 27 heavy (non-hydrogen) atoms. The van der Waals surface area contributed by atoms with Crippen LogP contribution in [0.3, 0.4) is 0 Å². The van der Waals surface area contributed by atoms with Crippen molar-refractivity contribution < 1.29 is 9.53 Å². The maximum Gasteiger partial charge on any atom is 0.234 e. The summed E-state index contributed by atoms with van der Waals surface area (Å²) in [6.07, 6.45) is 2.34. The Morgan fingerprint density at radius 2 is 2.04 bits per heavy atom. The number of nitrogens with one attached hydrogen (secondary N) is 2. The summed E-state index contributed by atoms with van der Waals surface area (Å²) in [4.78, 5) is 16.5. The van der Waals surface area contributed by atoms with Crippen molar-refractivity contribution in [2.45, 2.75) is 30.8 Å². The Bertz CT molecular complexity index is 935. The molecular formula is C20H20N4O2S. The van der Waals surface area contributed by atoms with Crippen molar-refractivity contribution in [2.75, 3.05) is 11.1 Å². The van der Waals surface area contributed by atoms with E-state index in [0.717, 1.165) is 28.6 Å². The number of aromatic amines is 1. The van der Waals surface area contributed by atoms with Gasteiger partial charge < -0.3 is 10.1 Å². The Morgan fingerprint density at radius 1 is 1.22 bits per heavy atom. The maximum absolute atomic E-state index is 12.1. The number of anilines is 1. The Kier molecular flexibility index (Phi) is 5.11. The minimum absolute atomic E-state index is 0.0925. The lowest BCUT2D eigenvalue weighted by Gasteiger charge is -2.08. The molecule has 3 aromatic rings. The van der Waals surface area contributed by atoms with Crippen LogP contribution in [0.25, 0.3) is 0 Å². The van der Waals surface area contributed by atoms with Crippen LogP contribution in [0, 0.1) is 6.92 Å². The zero-order chi connectivity index (χ0) is 18.6. The molecule has 0 aliphatic heterocycles. The van der Waals surface area contributed by atoms with Gasteiger partial charge in [-0.05, 0) is 61.7 Å². The normalized spacial score (nSPS) is 13.4. The highest BCUT2D eigenvalue weighted by Crippen LogP contribution is 2.38. The van der Waals surface area contributed by atoms with Crippen LogP contribution in [-0.4, -0.2) is 26.8 Å². The van der Waals surface area contributed by atoms with Gasteiger partial charge in [-0.2, -0.15) is 0 Å². The van der Waals surface area contributed by atoms with E-state index < -0.39 is 0 Å². The highest BCUT2D eigenvalue weighted by molar-refractivity contribution is 7.99. The summed E-state index contributed by atoms with van der Waals surface area (Å²) >= 11 is 1.33. The van der Waals surface area contributed by atoms with Crippen molar-refractivity contribution in [3.05, 3.63) is 59.9 Å². The summed E-state index contributed by atoms with van der Waals surface area (Å²) in [7, 11) is 0. The number of nitrogens with zero attached hydrogens (tertiary/aromatic N) is 2. The largest absolute Gasteiger partial charge is 0.457 e. The lowest BCUT2D eigenvalue weighted by Crippen LogP contribution is -2.14. The zero-order valence-electron chi connectivity index (χ0n) is 14.9. The number of carbonyl (C=O) groups excluding carboxylic acids is 1. The second kappa shape index (κ2) is 7.84. The summed E-state index contributed by atoms with van der Waals surface area (Å²) in [5.74, 6) is 3.15. The van der Waals surface area contributed by atoms with Crippen LogP contribution >= 0.6 is 11.8 Å². The predicted octanol–water partition coefficient (Wildman–Crippen LogP) is 4.51. The van der Waals surface area contributed by atoms with E-state index in [4.69, 9.17) is 4.74 Å². The molecule has 1 aliphatic rings. The second-order valence-corrected chi connectivity index (χ2v) is 7.50. The van der Waals surface area contributed by atoms with Gasteiger partial charge in [-0.15, -0.1) is 5.10 Å². The topological polar surface area (TPSA) is 79.9 Å². The van der Waals surface area contributed by atoms with Crippen molar-refractivity contribution in [2.24, 2.45) is 0 Å². The first-order chi connectivity index (χ1) is 13.2. The summed E-state index contributed by atoms with van der Waals surface area (Å²) in [5, 5.41) is 10.6. The van der Waals surface area contributed by atoms with Gasteiger partial charge in [0.15, 0.2) is 0 Å². The fraction of sp³-hybridized carbons (Fsp3) is 0.250. The monoisotopic (exact) mass is 380 g/mol. The molecule has 2 N–H and O–H groups in total. The van der Waals surface area contributed by atoms with Gasteiger partial charge >= 0.3 is 0 Å². The SMILES string of the molecule is Cc1cccc(Oc2ccc(NC(=O)CSc3n[nH]c(C4CC4)n3)cc2)c1. The zero-order valence-corrected chi connectivity index (χ0v) is 15.8. The maximum atomic E-state index is 12.1. The minimum Gasteiger partial charge on any atom is -0.457 e. The Labute approximate surface area is 161 Å². The molecule has 1 amide bonds. The quantitative estimate of drug-likeness (QED) is 0.589. The van der Waals surface area contributed by atoms with E-state index in [-0.39, 0.29) is 11.7 Å². The predicted molar refractivity (Wildman–Crippen MR) is 105 cm³/mol. The van der Waals surface area contributed by atoms with Crippen LogP contribution in [0.15, 0.2) is 53.7 Å². The number of rotatable bonds is 7. The lowest BCUT2D eigenvalue weighted by molar-refractivity contribution is -0.113. The van der Waals surface area contributed by atoms with E-state index in [1.807, 2.05) is 55.5 Å². The number of hydrogen-bond donors (Lipinski definition) is 2. The number of aromatic nitrogens is 3. The molecule has 0 spiro atoms. The molecule has 1 aliphatic carbocycles. The number of aryl methyl sites for hydroxylation is 1. The van der Waals surface area contributed by atoms with E-state index in [9.17, 15) is 4.79 Å².